The molecule has 0 spiro atoms. The third-order valence-electron chi connectivity index (χ3n) is 5.47. The Morgan fingerprint density at radius 3 is 3.00 bits per heavy atom. The van der Waals surface area contributed by atoms with Crippen LogP contribution in [0.3, 0.4) is 0 Å². The van der Waals surface area contributed by atoms with Gasteiger partial charge in [0.05, 0.1) is 18.8 Å². The first kappa shape index (κ1) is 18.7. The molecule has 148 valence electrons. The van der Waals surface area contributed by atoms with Crippen molar-refractivity contribution in [2.24, 2.45) is 5.92 Å². The molecule has 1 atom stereocenters. The van der Waals surface area contributed by atoms with E-state index in [4.69, 9.17) is 9.47 Å². The summed E-state index contributed by atoms with van der Waals surface area (Å²) in [6, 6.07) is 11.9. The number of carbonyl (C=O) groups excluding carboxylic acids is 1. The second-order valence-corrected chi connectivity index (χ2v) is 8.24. The molecule has 1 saturated heterocycles. The van der Waals surface area contributed by atoms with E-state index in [0.29, 0.717) is 24.8 Å². The van der Waals surface area contributed by atoms with Crippen molar-refractivity contribution in [2.75, 3.05) is 31.2 Å². The van der Waals surface area contributed by atoms with Crippen LogP contribution >= 0.6 is 0 Å². The molecule has 1 aromatic carbocycles. The van der Waals surface area contributed by atoms with E-state index in [-0.39, 0.29) is 5.41 Å². The first-order valence-electron chi connectivity index (χ1n) is 9.84. The number of anilines is 1. The molecule has 0 aliphatic carbocycles. The number of aromatic nitrogens is 1. The quantitative estimate of drug-likeness (QED) is 0.859. The Hall–Kier alpha value is -2.60. The molecule has 0 radical (unpaired) electrons. The van der Waals surface area contributed by atoms with Crippen molar-refractivity contribution < 1.29 is 14.3 Å². The van der Waals surface area contributed by atoms with Gasteiger partial charge in [-0.15, -0.1) is 0 Å². The van der Waals surface area contributed by atoms with Crippen LogP contribution in [-0.2, 0) is 16.7 Å². The number of rotatable bonds is 5. The van der Waals surface area contributed by atoms with Gasteiger partial charge in [0.15, 0.2) is 0 Å². The van der Waals surface area contributed by atoms with E-state index in [0.717, 1.165) is 31.8 Å². The highest BCUT2D eigenvalue weighted by Crippen LogP contribution is 2.42. The van der Waals surface area contributed by atoms with Crippen molar-refractivity contribution in [3.05, 3.63) is 53.9 Å². The maximum absolute atomic E-state index is 12.1. The molecule has 3 heterocycles. The summed E-state index contributed by atoms with van der Waals surface area (Å²) in [6.07, 6.45) is 2.40. The van der Waals surface area contributed by atoms with Gasteiger partial charge in [-0.05, 0) is 42.3 Å². The van der Waals surface area contributed by atoms with Crippen LogP contribution in [0.2, 0.25) is 0 Å². The predicted molar refractivity (Wildman–Crippen MR) is 108 cm³/mol. The Balaban J connectivity index is 1.43. The number of hydrogen-bond acceptors (Lipinski definition) is 5. The van der Waals surface area contributed by atoms with E-state index in [1.165, 1.54) is 11.3 Å². The fourth-order valence-electron chi connectivity index (χ4n) is 3.99. The summed E-state index contributed by atoms with van der Waals surface area (Å²) in [4.78, 5) is 18.9. The number of pyridine rings is 1. The Bertz CT molecular complexity index is 832. The lowest BCUT2D eigenvalue weighted by molar-refractivity contribution is 0.181. The molecule has 1 aromatic heterocycles. The fraction of sp³-hybridized carbons (Fsp3) is 0.455. The summed E-state index contributed by atoms with van der Waals surface area (Å²) in [7, 11) is 0. The summed E-state index contributed by atoms with van der Waals surface area (Å²) in [5.74, 6) is 0.957. The van der Waals surface area contributed by atoms with Crippen molar-refractivity contribution in [2.45, 2.75) is 32.2 Å². The van der Waals surface area contributed by atoms with E-state index in [1.54, 1.807) is 0 Å². The van der Waals surface area contributed by atoms with E-state index >= 15 is 0 Å². The molecule has 0 saturated carbocycles. The first-order valence-corrected chi connectivity index (χ1v) is 9.84. The number of nitrogens with one attached hydrogen (secondary N) is 1. The summed E-state index contributed by atoms with van der Waals surface area (Å²) in [5, 5.41) is 2.84. The van der Waals surface area contributed by atoms with Gasteiger partial charge in [-0.25, -0.2) is 4.79 Å². The Morgan fingerprint density at radius 2 is 2.25 bits per heavy atom. The first-order chi connectivity index (χ1) is 13.5. The zero-order chi connectivity index (χ0) is 19.6. The number of hydrogen-bond donors (Lipinski definition) is 1. The highest BCUT2D eigenvalue weighted by atomic mass is 16.6. The van der Waals surface area contributed by atoms with Crippen LogP contribution in [0.5, 0.6) is 5.75 Å². The minimum atomic E-state index is -0.409. The van der Waals surface area contributed by atoms with Gasteiger partial charge in [-0.3, -0.25) is 4.98 Å². The number of benzene rings is 1. The van der Waals surface area contributed by atoms with Crippen molar-refractivity contribution in [3.8, 4) is 5.75 Å². The van der Waals surface area contributed by atoms with Gasteiger partial charge in [-0.1, -0.05) is 19.9 Å². The molecule has 1 amide bonds. The maximum Gasteiger partial charge on any atom is 0.412 e. The van der Waals surface area contributed by atoms with Gasteiger partial charge >= 0.3 is 6.09 Å². The molecular formula is C22H27N3O3. The molecule has 6 heteroatoms. The highest BCUT2D eigenvalue weighted by Gasteiger charge is 2.35. The van der Waals surface area contributed by atoms with E-state index in [1.807, 2.05) is 42.6 Å². The van der Waals surface area contributed by atoms with Gasteiger partial charge in [0.2, 0.25) is 0 Å². The van der Waals surface area contributed by atoms with Crippen LogP contribution in [0.1, 0.15) is 31.5 Å². The van der Waals surface area contributed by atoms with E-state index < -0.39 is 6.09 Å². The number of amides is 1. The number of nitrogens with zero attached hydrogens (tertiary/aromatic N) is 2. The molecule has 28 heavy (non-hydrogen) atoms. The second-order valence-electron chi connectivity index (χ2n) is 8.24. The normalized spacial score (nSPS) is 20.1. The average molecular weight is 381 g/mol. The molecule has 1 fully saturated rings. The standard InChI is InChI=1S/C22H27N3O3/c1-22(2)15-25(13-17-5-3-4-9-23-17)20-7-6-18(11-19(20)22)28-21(26)24-12-16-8-10-27-14-16/h3-7,9,11,16H,8,10,12-15H2,1-2H3,(H,24,26). The van der Waals surface area contributed by atoms with Crippen LogP contribution in [0.15, 0.2) is 42.6 Å². The average Bonchev–Trinajstić information content (AvgIpc) is 3.28. The van der Waals surface area contributed by atoms with E-state index in [2.05, 4.69) is 29.0 Å². The van der Waals surface area contributed by atoms with Gasteiger partial charge in [0.1, 0.15) is 5.75 Å². The Morgan fingerprint density at radius 1 is 1.36 bits per heavy atom. The largest absolute Gasteiger partial charge is 0.412 e. The summed E-state index contributed by atoms with van der Waals surface area (Å²) >= 11 is 0. The third-order valence-corrected chi connectivity index (χ3v) is 5.47. The lowest BCUT2D eigenvalue weighted by Gasteiger charge is -2.22. The second kappa shape index (κ2) is 7.80. The van der Waals surface area contributed by atoms with Crippen LogP contribution in [0.25, 0.3) is 0 Å². The maximum atomic E-state index is 12.1. The minimum Gasteiger partial charge on any atom is -0.410 e. The molecule has 2 aliphatic rings. The van der Waals surface area contributed by atoms with Crippen LogP contribution in [0.4, 0.5) is 10.5 Å². The van der Waals surface area contributed by atoms with Gasteiger partial charge < -0.3 is 19.7 Å². The van der Waals surface area contributed by atoms with Crippen LogP contribution < -0.4 is 15.0 Å². The smallest absolute Gasteiger partial charge is 0.410 e. The molecule has 4 rings (SSSR count). The fourth-order valence-corrected chi connectivity index (χ4v) is 3.99. The zero-order valence-corrected chi connectivity index (χ0v) is 16.5. The molecule has 2 aliphatic heterocycles. The van der Waals surface area contributed by atoms with E-state index in [9.17, 15) is 4.79 Å². The monoisotopic (exact) mass is 381 g/mol. The molecule has 6 nitrogen and oxygen atoms in total. The SMILES string of the molecule is CC1(C)CN(Cc2ccccn2)c2ccc(OC(=O)NCC3CCOC3)cc21. The van der Waals surface area contributed by atoms with Crippen molar-refractivity contribution in [3.63, 3.8) is 0 Å². The Labute approximate surface area is 165 Å². The molecule has 1 N–H and O–H groups in total. The zero-order valence-electron chi connectivity index (χ0n) is 16.5. The highest BCUT2D eigenvalue weighted by molar-refractivity contribution is 5.72. The summed E-state index contributed by atoms with van der Waals surface area (Å²) < 4.78 is 10.9. The van der Waals surface area contributed by atoms with Gasteiger partial charge in [0.25, 0.3) is 0 Å². The molecule has 1 unspecified atom stereocenters. The third kappa shape index (κ3) is 4.12. The molecular weight excluding hydrogens is 354 g/mol. The minimum absolute atomic E-state index is 0.0266. The Kier molecular flexibility index (Phi) is 5.22. The van der Waals surface area contributed by atoms with Crippen LogP contribution in [-0.4, -0.2) is 37.4 Å². The molecule has 2 aromatic rings. The van der Waals surface area contributed by atoms with Gasteiger partial charge in [-0.2, -0.15) is 0 Å². The van der Waals surface area contributed by atoms with Crippen molar-refractivity contribution in [1.29, 1.82) is 0 Å². The van der Waals surface area contributed by atoms with Gasteiger partial charge in [0, 0.05) is 42.9 Å². The predicted octanol–water partition coefficient (Wildman–Crippen LogP) is 3.50. The van der Waals surface area contributed by atoms with Crippen molar-refractivity contribution in [1.82, 2.24) is 10.3 Å². The molecule has 0 bridgehead atoms. The number of ether oxygens (including phenoxy) is 2. The lowest BCUT2D eigenvalue weighted by atomic mass is 9.87. The topological polar surface area (TPSA) is 63.7 Å². The lowest BCUT2D eigenvalue weighted by Crippen LogP contribution is -2.32. The van der Waals surface area contributed by atoms with Crippen molar-refractivity contribution >= 4 is 11.8 Å². The number of fused-ring (bicyclic) bond motifs is 1. The summed E-state index contributed by atoms with van der Waals surface area (Å²) in [6.45, 7) is 8.17. The summed E-state index contributed by atoms with van der Waals surface area (Å²) in [5.41, 5.74) is 3.38. The van der Waals surface area contributed by atoms with Crippen LogP contribution in [0, 0.1) is 5.92 Å². The number of carbonyl (C=O) groups is 1.